The molecule has 0 aliphatic carbocycles. The number of aromatic nitrogens is 2. The molecule has 0 fully saturated rings. The zero-order valence-electron chi connectivity index (χ0n) is 20.5. The van der Waals surface area contributed by atoms with Gasteiger partial charge in [-0.1, -0.05) is 42.5 Å². The van der Waals surface area contributed by atoms with Crippen molar-refractivity contribution in [3.63, 3.8) is 0 Å². The van der Waals surface area contributed by atoms with Gasteiger partial charge >= 0.3 is 10.2 Å². The Morgan fingerprint density at radius 2 is 1.70 bits per heavy atom. The molecule has 0 radical (unpaired) electrons. The van der Waals surface area contributed by atoms with E-state index in [1.54, 1.807) is 36.4 Å². The molecular formula is C27H27N5O4S. The number of benzene rings is 3. The van der Waals surface area contributed by atoms with Crippen LogP contribution in [0.1, 0.15) is 15.9 Å². The van der Waals surface area contributed by atoms with E-state index in [-0.39, 0.29) is 11.7 Å². The molecule has 0 saturated carbocycles. The van der Waals surface area contributed by atoms with E-state index in [1.807, 2.05) is 30.3 Å². The number of hydrogen-bond donors (Lipinski definition) is 2. The highest BCUT2D eigenvalue weighted by Crippen LogP contribution is 2.21. The zero-order valence-corrected chi connectivity index (χ0v) is 21.3. The van der Waals surface area contributed by atoms with E-state index in [2.05, 4.69) is 32.1 Å². The van der Waals surface area contributed by atoms with Crippen LogP contribution in [0.15, 0.2) is 91.3 Å². The minimum atomic E-state index is -3.72. The molecule has 0 bridgehead atoms. The van der Waals surface area contributed by atoms with Gasteiger partial charge in [0.25, 0.3) is 5.91 Å². The highest BCUT2D eigenvalue weighted by Gasteiger charge is 2.15. The summed E-state index contributed by atoms with van der Waals surface area (Å²) >= 11 is 0. The molecule has 0 atom stereocenters. The summed E-state index contributed by atoms with van der Waals surface area (Å²) in [5.74, 6) is 0.503. The van der Waals surface area contributed by atoms with Gasteiger partial charge in [0, 0.05) is 37.3 Å². The van der Waals surface area contributed by atoms with Crippen LogP contribution in [-0.2, 0) is 16.6 Å². The third-order valence-electron chi connectivity index (χ3n) is 5.38. The Kier molecular flexibility index (Phi) is 8.11. The largest absolute Gasteiger partial charge is 0.493 e. The fourth-order valence-electron chi connectivity index (χ4n) is 3.37. The van der Waals surface area contributed by atoms with Crippen molar-refractivity contribution < 1.29 is 17.9 Å². The average Bonchev–Trinajstić information content (AvgIpc) is 2.90. The third-order valence-corrected chi connectivity index (χ3v) is 6.81. The van der Waals surface area contributed by atoms with Gasteiger partial charge in [-0.05, 0) is 42.0 Å². The van der Waals surface area contributed by atoms with Gasteiger partial charge in [-0.15, -0.1) is 0 Å². The van der Waals surface area contributed by atoms with E-state index in [1.165, 1.54) is 32.1 Å². The molecule has 2 N–H and O–H groups in total. The molecule has 3 aromatic carbocycles. The maximum absolute atomic E-state index is 12.9. The first kappa shape index (κ1) is 25.8. The highest BCUT2D eigenvalue weighted by atomic mass is 32.2. The van der Waals surface area contributed by atoms with Crippen LogP contribution in [0.5, 0.6) is 5.75 Å². The van der Waals surface area contributed by atoms with Crippen molar-refractivity contribution in [1.29, 1.82) is 0 Å². The summed E-state index contributed by atoms with van der Waals surface area (Å²) in [7, 11) is -0.898. The van der Waals surface area contributed by atoms with Gasteiger partial charge in [-0.25, -0.2) is 4.98 Å². The Bertz CT molecular complexity index is 1460. The molecule has 190 valence electrons. The number of nitrogens with one attached hydrogen (secondary N) is 2. The molecule has 0 aliphatic heterocycles. The Morgan fingerprint density at radius 1 is 0.946 bits per heavy atom. The standard InChI is InChI=1S/C27H27N5O4S/c1-32(2)37(34,35)31-26-19-28-18-25(30-26)21-9-6-10-22(17-21)27(33)29-23-11-13-24(14-12-23)36-16-15-20-7-4-3-5-8-20/h3-14,17-19H,15-16H2,1-2H3,(H,29,33)(H,30,31). The Labute approximate surface area is 216 Å². The fourth-order valence-corrected chi connectivity index (χ4v) is 3.91. The minimum Gasteiger partial charge on any atom is -0.493 e. The van der Waals surface area contributed by atoms with Gasteiger partial charge in [-0.2, -0.15) is 12.7 Å². The topological polar surface area (TPSA) is 114 Å². The van der Waals surface area contributed by atoms with Crippen LogP contribution in [0.25, 0.3) is 11.3 Å². The summed E-state index contributed by atoms with van der Waals surface area (Å²) in [4.78, 5) is 21.3. The van der Waals surface area contributed by atoms with Crippen molar-refractivity contribution in [1.82, 2.24) is 14.3 Å². The first-order chi connectivity index (χ1) is 17.8. The second-order valence-electron chi connectivity index (χ2n) is 8.32. The quantitative estimate of drug-likeness (QED) is 0.325. The van der Waals surface area contributed by atoms with Gasteiger partial charge in [0.1, 0.15) is 5.75 Å². The molecule has 4 rings (SSSR count). The van der Waals surface area contributed by atoms with Gasteiger partial charge in [-0.3, -0.25) is 14.5 Å². The van der Waals surface area contributed by atoms with E-state index in [0.29, 0.717) is 29.1 Å². The maximum Gasteiger partial charge on any atom is 0.302 e. The molecule has 0 saturated heterocycles. The number of rotatable bonds is 10. The molecule has 1 heterocycles. The number of amides is 1. The summed E-state index contributed by atoms with van der Waals surface area (Å²) < 4.78 is 33.4. The lowest BCUT2D eigenvalue weighted by Gasteiger charge is -2.13. The molecule has 0 aliphatic rings. The number of ether oxygens (including phenoxy) is 1. The molecule has 1 amide bonds. The second kappa shape index (κ2) is 11.6. The Balaban J connectivity index is 1.38. The smallest absolute Gasteiger partial charge is 0.302 e. The number of anilines is 2. The predicted octanol–water partition coefficient (Wildman–Crippen LogP) is 4.24. The van der Waals surface area contributed by atoms with E-state index in [0.717, 1.165) is 16.5 Å². The molecule has 0 spiro atoms. The maximum atomic E-state index is 12.9. The van der Waals surface area contributed by atoms with Gasteiger partial charge in [0.2, 0.25) is 0 Å². The summed E-state index contributed by atoms with van der Waals surface area (Å²) in [6.45, 7) is 0.559. The molecule has 0 unspecified atom stereocenters. The van der Waals surface area contributed by atoms with Crippen molar-refractivity contribution in [2.75, 3.05) is 30.7 Å². The fraction of sp³-hybridized carbons (Fsp3) is 0.148. The van der Waals surface area contributed by atoms with E-state index in [4.69, 9.17) is 4.74 Å². The van der Waals surface area contributed by atoms with Crippen molar-refractivity contribution in [2.45, 2.75) is 6.42 Å². The van der Waals surface area contributed by atoms with Crippen molar-refractivity contribution >= 4 is 27.6 Å². The van der Waals surface area contributed by atoms with Crippen molar-refractivity contribution in [3.8, 4) is 17.0 Å². The lowest BCUT2D eigenvalue weighted by molar-refractivity contribution is 0.102. The number of hydrogen-bond acceptors (Lipinski definition) is 6. The number of nitrogens with zero attached hydrogens (tertiary/aromatic N) is 3. The van der Waals surface area contributed by atoms with Gasteiger partial charge in [0.05, 0.1) is 24.7 Å². The summed E-state index contributed by atoms with van der Waals surface area (Å²) in [5.41, 5.74) is 3.30. The first-order valence-electron chi connectivity index (χ1n) is 11.5. The monoisotopic (exact) mass is 517 g/mol. The van der Waals surface area contributed by atoms with Crippen LogP contribution >= 0.6 is 0 Å². The summed E-state index contributed by atoms with van der Waals surface area (Å²) in [5, 5.41) is 2.87. The van der Waals surface area contributed by atoms with Crippen molar-refractivity contribution in [3.05, 3.63) is 102 Å². The molecular weight excluding hydrogens is 490 g/mol. The van der Waals surface area contributed by atoms with Gasteiger partial charge in [0.15, 0.2) is 5.82 Å². The van der Waals surface area contributed by atoms with Crippen LogP contribution in [0.3, 0.4) is 0 Å². The van der Waals surface area contributed by atoms with E-state index >= 15 is 0 Å². The predicted molar refractivity (Wildman–Crippen MR) is 144 cm³/mol. The second-order valence-corrected chi connectivity index (χ2v) is 10.2. The van der Waals surface area contributed by atoms with Crippen LogP contribution in [0.2, 0.25) is 0 Å². The highest BCUT2D eigenvalue weighted by molar-refractivity contribution is 7.90. The minimum absolute atomic E-state index is 0.0760. The first-order valence-corrected chi connectivity index (χ1v) is 12.9. The number of carbonyl (C=O) groups excluding carboxylic acids is 1. The van der Waals surface area contributed by atoms with Crippen LogP contribution in [0, 0.1) is 0 Å². The molecule has 37 heavy (non-hydrogen) atoms. The third kappa shape index (κ3) is 7.12. The Morgan fingerprint density at radius 3 is 2.43 bits per heavy atom. The van der Waals surface area contributed by atoms with E-state index < -0.39 is 10.2 Å². The molecule has 10 heteroatoms. The molecule has 1 aromatic heterocycles. The van der Waals surface area contributed by atoms with Crippen LogP contribution < -0.4 is 14.8 Å². The zero-order chi connectivity index (χ0) is 26.3. The van der Waals surface area contributed by atoms with Crippen LogP contribution in [0.4, 0.5) is 11.5 Å². The lowest BCUT2D eigenvalue weighted by Crippen LogP contribution is -2.29. The molecule has 4 aromatic rings. The molecule has 9 nitrogen and oxygen atoms in total. The lowest BCUT2D eigenvalue weighted by atomic mass is 10.1. The summed E-state index contributed by atoms with van der Waals surface area (Å²) in [6.07, 6.45) is 3.63. The van der Waals surface area contributed by atoms with Crippen LogP contribution in [-0.4, -0.2) is 49.3 Å². The van der Waals surface area contributed by atoms with Crippen molar-refractivity contribution in [2.24, 2.45) is 0 Å². The Hall–Kier alpha value is -4.28. The van der Waals surface area contributed by atoms with E-state index in [9.17, 15) is 13.2 Å². The average molecular weight is 518 g/mol. The SMILES string of the molecule is CN(C)S(=O)(=O)Nc1cncc(-c2cccc(C(=O)Nc3ccc(OCCc4ccccc4)cc3)c2)n1. The summed E-state index contributed by atoms with van der Waals surface area (Å²) in [6, 6.07) is 24.2. The van der Waals surface area contributed by atoms with Gasteiger partial charge < -0.3 is 10.1 Å². The number of carbonyl (C=O) groups is 1. The normalized spacial score (nSPS) is 11.2.